The fraction of sp³-hybridized carbons (Fsp3) is 0.185. The van der Waals surface area contributed by atoms with Crippen LogP contribution in [0.4, 0.5) is 14.9 Å². The van der Waals surface area contributed by atoms with Crippen molar-refractivity contribution in [2.45, 2.75) is 12.0 Å². The number of likely N-dealkylation sites (tertiary alicyclic amines) is 1. The van der Waals surface area contributed by atoms with Crippen LogP contribution in [0.5, 0.6) is 0 Å². The van der Waals surface area contributed by atoms with Crippen molar-refractivity contribution < 1.29 is 18.7 Å². The van der Waals surface area contributed by atoms with Crippen LogP contribution in [-0.2, 0) is 21.5 Å². The molecule has 0 aliphatic carbocycles. The highest BCUT2D eigenvalue weighted by molar-refractivity contribution is 6.10. The van der Waals surface area contributed by atoms with Crippen LogP contribution in [0, 0.1) is 5.95 Å². The number of hydrogen-bond donors (Lipinski definition) is 0. The van der Waals surface area contributed by atoms with Crippen molar-refractivity contribution in [3.8, 4) is 11.1 Å². The number of pyridine rings is 2. The summed E-state index contributed by atoms with van der Waals surface area (Å²) in [5, 5.41) is 1.88. The summed E-state index contributed by atoms with van der Waals surface area (Å²) in [6.45, 7) is 0.769. The maximum Gasteiger partial charge on any atom is 0.409 e. The van der Waals surface area contributed by atoms with Gasteiger partial charge in [-0.15, -0.1) is 0 Å². The summed E-state index contributed by atoms with van der Waals surface area (Å²) in [6.07, 6.45) is 2.83. The van der Waals surface area contributed by atoms with Crippen molar-refractivity contribution in [1.29, 1.82) is 0 Å². The molecule has 7 nitrogen and oxygen atoms in total. The van der Waals surface area contributed by atoms with E-state index in [9.17, 15) is 14.0 Å². The maximum atomic E-state index is 13.8. The molecule has 35 heavy (non-hydrogen) atoms. The molecule has 0 atom stereocenters. The molecule has 1 saturated heterocycles. The number of anilines is 1. The summed E-state index contributed by atoms with van der Waals surface area (Å²) < 4.78 is 18.4. The van der Waals surface area contributed by atoms with Crippen LogP contribution in [-0.4, -0.2) is 47.1 Å². The number of methoxy groups -OCH3 is 1. The van der Waals surface area contributed by atoms with Gasteiger partial charge in [0.05, 0.1) is 19.3 Å². The SMILES string of the molecule is COC(=O)N1CC2(C1)C(=O)N(Cc1ncc3ccccc3c1-c1ccc(F)nc1)c1ccccc12. The van der Waals surface area contributed by atoms with Crippen LogP contribution in [0.1, 0.15) is 11.3 Å². The van der Waals surface area contributed by atoms with Gasteiger partial charge in [-0.3, -0.25) is 9.78 Å². The van der Waals surface area contributed by atoms with Gasteiger partial charge in [0.25, 0.3) is 0 Å². The summed E-state index contributed by atoms with van der Waals surface area (Å²) >= 11 is 0. The number of halogens is 1. The largest absolute Gasteiger partial charge is 0.453 e. The molecular weight excluding hydrogens is 447 g/mol. The highest BCUT2D eigenvalue weighted by Gasteiger charge is 2.59. The molecule has 6 rings (SSSR count). The number of rotatable bonds is 3. The Morgan fingerprint density at radius 2 is 1.80 bits per heavy atom. The summed E-state index contributed by atoms with van der Waals surface area (Å²) in [7, 11) is 1.33. The molecule has 0 saturated carbocycles. The molecule has 2 amide bonds. The van der Waals surface area contributed by atoms with E-state index < -0.39 is 17.5 Å². The van der Waals surface area contributed by atoms with Crippen molar-refractivity contribution in [3.05, 3.63) is 90.3 Å². The highest BCUT2D eigenvalue weighted by Crippen LogP contribution is 2.48. The van der Waals surface area contributed by atoms with Crippen LogP contribution < -0.4 is 4.90 Å². The molecule has 0 N–H and O–H groups in total. The molecule has 2 aromatic heterocycles. The molecule has 1 fully saturated rings. The van der Waals surface area contributed by atoms with Crippen molar-refractivity contribution in [3.63, 3.8) is 0 Å². The Hall–Kier alpha value is -4.33. The Balaban J connectivity index is 1.44. The number of nitrogens with zero attached hydrogens (tertiary/aromatic N) is 4. The summed E-state index contributed by atoms with van der Waals surface area (Å²) in [4.78, 5) is 37.7. The minimum absolute atomic E-state index is 0.0722. The number of fused-ring (bicyclic) bond motifs is 3. The van der Waals surface area contributed by atoms with Crippen LogP contribution >= 0.6 is 0 Å². The fourth-order valence-corrected chi connectivity index (χ4v) is 5.24. The Kier molecular flexibility index (Phi) is 4.77. The maximum absolute atomic E-state index is 13.8. The zero-order valence-corrected chi connectivity index (χ0v) is 18.9. The van der Waals surface area contributed by atoms with Gasteiger partial charge in [0, 0.05) is 47.7 Å². The van der Waals surface area contributed by atoms with Gasteiger partial charge in [-0.05, 0) is 29.1 Å². The van der Waals surface area contributed by atoms with Gasteiger partial charge in [-0.2, -0.15) is 4.39 Å². The van der Waals surface area contributed by atoms with E-state index in [1.807, 2.05) is 48.5 Å². The molecule has 4 aromatic rings. The number of carbonyl (C=O) groups is 2. The second-order valence-corrected chi connectivity index (χ2v) is 8.85. The Labute approximate surface area is 200 Å². The molecule has 4 heterocycles. The first kappa shape index (κ1) is 21.2. The molecule has 2 aromatic carbocycles. The zero-order valence-electron chi connectivity index (χ0n) is 18.9. The van der Waals surface area contributed by atoms with E-state index in [4.69, 9.17) is 9.72 Å². The molecule has 0 bridgehead atoms. The minimum atomic E-state index is -0.792. The van der Waals surface area contributed by atoms with Crippen molar-refractivity contribution >= 4 is 28.5 Å². The van der Waals surface area contributed by atoms with E-state index in [-0.39, 0.29) is 25.5 Å². The van der Waals surface area contributed by atoms with Crippen LogP contribution in [0.15, 0.2) is 73.1 Å². The van der Waals surface area contributed by atoms with Crippen LogP contribution in [0.3, 0.4) is 0 Å². The van der Waals surface area contributed by atoms with Crippen LogP contribution in [0.2, 0.25) is 0 Å². The lowest BCUT2D eigenvalue weighted by Gasteiger charge is -2.45. The van der Waals surface area contributed by atoms with Gasteiger partial charge in [0.15, 0.2) is 0 Å². The molecule has 174 valence electrons. The molecular formula is C27H21FN4O3. The minimum Gasteiger partial charge on any atom is -0.453 e. The molecule has 2 aliphatic rings. The number of hydrogen-bond acceptors (Lipinski definition) is 5. The molecule has 0 unspecified atom stereocenters. The highest BCUT2D eigenvalue weighted by atomic mass is 19.1. The second kappa shape index (κ2) is 7.87. The lowest BCUT2D eigenvalue weighted by atomic mass is 9.75. The average molecular weight is 468 g/mol. The lowest BCUT2D eigenvalue weighted by molar-refractivity contribution is -0.128. The van der Waals surface area contributed by atoms with Crippen molar-refractivity contribution in [1.82, 2.24) is 14.9 Å². The van der Waals surface area contributed by atoms with E-state index in [1.165, 1.54) is 24.3 Å². The van der Waals surface area contributed by atoms with E-state index in [2.05, 4.69) is 4.98 Å². The predicted molar refractivity (Wildman–Crippen MR) is 128 cm³/mol. The monoisotopic (exact) mass is 468 g/mol. The van der Waals surface area contributed by atoms with Gasteiger partial charge in [-0.1, -0.05) is 42.5 Å². The van der Waals surface area contributed by atoms with E-state index in [1.54, 1.807) is 17.2 Å². The van der Waals surface area contributed by atoms with Crippen molar-refractivity contribution in [2.75, 3.05) is 25.1 Å². The van der Waals surface area contributed by atoms with Gasteiger partial charge >= 0.3 is 6.09 Å². The Morgan fingerprint density at radius 3 is 2.57 bits per heavy atom. The van der Waals surface area contributed by atoms with Gasteiger partial charge in [0.2, 0.25) is 11.9 Å². The third kappa shape index (κ3) is 3.17. The number of benzene rings is 2. The number of amides is 2. The van der Waals surface area contributed by atoms with E-state index >= 15 is 0 Å². The number of carbonyl (C=O) groups excluding carboxylic acids is 2. The summed E-state index contributed by atoms with van der Waals surface area (Å²) in [6, 6.07) is 18.5. The molecule has 0 radical (unpaired) electrons. The Morgan fingerprint density at radius 1 is 1.03 bits per heavy atom. The number of para-hydroxylation sites is 1. The average Bonchev–Trinajstić information content (AvgIpc) is 3.11. The normalized spacial score (nSPS) is 15.9. The number of ether oxygens (including phenoxy) is 1. The smallest absolute Gasteiger partial charge is 0.409 e. The standard InChI is InChI=1S/C27H21FN4O3/c1-35-26(34)31-15-27(16-31)20-8-4-5-9-22(20)32(25(27)33)14-21-24(18-10-11-23(28)30-13-18)19-7-3-2-6-17(19)12-29-21/h2-13H,14-16H2,1H3. The molecule has 2 aliphatic heterocycles. The third-order valence-electron chi connectivity index (χ3n) is 6.92. The third-order valence-corrected chi connectivity index (χ3v) is 6.92. The quantitative estimate of drug-likeness (QED) is 0.419. The fourth-order valence-electron chi connectivity index (χ4n) is 5.24. The molecule has 1 spiro atoms. The van der Waals surface area contributed by atoms with E-state index in [0.717, 1.165) is 33.2 Å². The van der Waals surface area contributed by atoms with Gasteiger partial charge in [-0.25, -0.2) is 9.78 Å². The Bertz CT molecular complexity index is 1480. The first-order valence-corrected chi connectivity index (χ1v) is 11.2. The lowest BCUT2D eigenvalue weighted by Crippen LogP contribution is -2.65. The summed E-state index contributed by atoms with van der Waals surface area (Å²) in [5.41, 5.74) is 3.13. The van der Waals surface area contributed by atoms with E-state index in [0.29, 0.717) is 5.69 Å². The molecule has 8 heteroatoms. The topological polar surface area (TPSA) is 75.6 Å². The first-order valence-electron chi connectivity index (χ1n) is 11.2. The van der Waals surface area contributed by atoms with Crippen LogP contribution in [0.25, 0.3) is 21.9 Å². The number of aromatic nitrogens is 2. The first-order chi connectivity index (χ1) is 17.0. The van der Waals surface area contributed by atoms with Crippen molar-refractivity contribution in [2.24, 2.45) is 0 Å². The van der Waals surface area contributed by atoms with Gasteiger partial charge < -0.3 is 14.5 Å². The second-order valence-electron chi connectivity index (χ2n) is 8.85. The zero-order chi connectivity index (χ0) is 24.2. The summed E-state index contributed by atoms with van der Waals surface area (Å²) in [5.74, 6) is -0.633. The predicted octanol–water partition coefficient (Wildman–Crippen LogP) is 4.30. The van der Waals surface area contributed by atoms with Gasteiger partial charge in [0.1, 0.15) is 5.41 Å².